The van der Waals surface area contributed by atoms with Crippen molar-refractivity contribution in [2.45, 2.75) is 6.18 Å². The lowest BCUT2D eigenvalue weighted by Gasteiger charge is -2.13. The van der Waals surface area contributed by atoms with Crippen molar-refractivity contribution in [1.82, 2.24) is 9.55 Å². The summed E-state index contributed by atoms with van der Waals surface area (Å²) in [5.41, 5.74) is -1.32. The van der Waals surface area contributed by atoms with Gasteiger partial charge in [-0.1, -0.05) is 11.6 Å². The lowest BCUT2D eigenvalue weighted by Crippen LogP contribution is -2.19. The molecule has 1 heterocycles. The molecule has 2 aromatic carbocycles. The largest absolute Gasteiger partial charge is 0.506 e. The molecule has 0 saturated heterocycles. The summed E-state index contributed by atoms with van der Waals surface area (Å²) in [7, 11) is 0. The summed E-state index contributed by atoms with van der Waals surface area (Å²) in [5, 5.41) is 10.2. The monoisotopic (exact) mass is 340 g/mol. The second kappa shape index (κ2) is 5.27. The minimum absolute atomic E-state index is 0.0289. The molecule has 0 unspecified atom stereocenters. The van der Waals surface area contributed by atoms with Crippen LogP contribution in [0.5, 0.6) is 5.75 Å². The van der Waals surface area contributed by atoms with Crippen LogP contribution in [0, 0.1) is 0 Å². The molecular weight excluding hydrogens is 333 g/mol. The normalized spacial score (nSPS) is 11.8. The Bertz CT molecular complexity index is 967. The number of benzene rings is 2. The molecule has 118 valence electrons. The molecule has 0 aliphatic heterocycles. The molecule has 8 heteroatoms. The maximum atomic E-state index is 12.8. The van der Waals surface area contributed by atoms with Gasteiger partial charge in [0.1, 0.15) is 5.75 Å². The molecule has 0 amide bonds. The first-order chi connectivity index (χ1) is 10.8. The predicted molar refractivity (Wildman–Crippen MR) is 79.0 cm³/mol. The Morgan fingerprint density at radius 3 is 2.57 bits per heavy atom. The molecule has 4 nitrogen and oxygen atoms in total. The van der Waals surface area contributed by atoms with Gasteiger partial charge >= 0.3 is 6.18 Å². The average Bonchev–Trinajstić information content (AvgIpc) is 2.48. The minimum Gasteiger partial charge on any atom is -0.506 e. The quantitative estimate of drug-likeness (QED) is 0.733. The molecule has 1 aromatic heterocycles. The van der Waals surface area contributed by atoms with Crippen LogP contribution in [0.4, 0.5) is 13.2 Å². The first-order valence-electron chi connectivity index (χ1n) is 6.35. The molecule has 23 heavy (non-hydrogen) atoms. The van der Waals surface area contributed by atoms with Crippen LogP contribution in [0.3, 0.4) is 0 Å². The van der Waals surface area contributed by atoms with Gasteiger partial charge in [0.05, 0.1) is 28.5 Å². The van der Waals surface area contributed by atoms with Crippen LogP contribution >= 0.6 is 11.6 Å². The van der Waals surface area contributed by atoms with Gasteiger partial charge in [-0.3, -0.25) is 9.36 Å². The molecule has 0 aliphatic rings. The summed E-state index contributed by atoms with van der Waals surface area (Å²) in [6.07, 6.45) is -3.63. The number of hydrogen-bond donors (Lipinski definition) is 1. The molecule has 0 aliphatic carbocycles. The maximum absolute atomic E-state index is 12.8. The summed E-state index contributed by atoms with van der Waals surface area (Å²) in [4.78, 5) is 15.8. The van der Waals surface area contributed by atoms with Gasteiger partial charge in [0, 0.05) is 5.02 Å². The number of aromatic nitrogens is 2. The topological polar surface area (TPSA) is 55.1 Å². The van der Waals surface area contributed by atoms with Crippen LogP contribution in [-0.4, -0.2) is 14.7 Å². The number of nitrogens with zero attached hydrogens (tertiary/aromatic N) is 2. The third-order valence-corrected chi connectivity index (χ3v) is 3.49. The fourth-order valence-corrected chi connectivity index (χ4v) is 2.38. The van der Waals surface area contributed by atoms with E-state index in [9.17, 15) is 23.1 Å². The van der Waals surface area contributed by atoms with E-state index in [1.165, 1.54) is 18.2 Å². The van der Waals surface area contributed by atoms with Gasteiger partial charge in [0.2, 0.25) is 0 Å². The van der Waals surface area contributed by atoms with Gasteiger partial charge in [0.15, 0.2) is 0 Å². The zero-order valence-electron chi connectivity index (χ0n) is 11.3. The molecule has 0 bridgehead atoms. The van der Waals surface area contributed by atoms with Gasteiger partial charge < -0.3 is 5.11 Å². The number of hydrogen-bond acceptors (Lipinski definition) is 3. The minimum atomic E-state index is -4.52. The third-order valence-electron chi connectivity index (χ3n) is 3.26. The smallest absolute Gasteiger partial charge is 0.416 e. The lowest BCUT2D eigenvalue weighted by molar-refractivity contribution is -0.137. The second-order valence-corrected chi connectivity index (χ2v) is 5.20. The van der Waals surface area contributed by atoms with Gasteiger partial charge in [-0.2, -0.15) is 13.2 Å². The van der Waals surface area contributed by atoms with Gasteiger partial charge in [-0.05, 0) is 36.4 Å². The number of aromatic hydroxyl groups is 1. The van der Waals surface area contributed by atoms with E-state index in [0.29, 0.717) is 0 Å². The number of rotatable bonds is 1. The highest BCUT2D eigenvalue weighted by Gasteiger charge is 2.30. The van der Waals surface area contributed by atoms with Crippen molar-refractivity contribution in [3.8, 4) is 11.4 Å². The van der Waals surface area contributed by atoms with E-state index in [-0.39, 0.29) is 27.5 Å². The predicted octanol–water partition coefficient (Wildman–Crippen LogP) is 3.76. The number of phenols is 1. The van der Waals surface area contributed by atoms with E-state index >= 15 is 0 Å². The van der Waals surface area contributed by atoms with E-state index in [0.717, 1.165) is 29.0 Å². The SMILES string of the molecule is O=c1cnc2cc(C(F)(F)F)ccc2n1-c1cc(Cl)ccc1O. The van der Waals surface area contributed by atoms with Crippen LogP contribution in [-0.2, 0) is 6.18 Å². The molecule has 1 N–H and O–H groups in total. The molecule has 3 rings (SSSR count). The van der Waals surface area contributed by atoms with E-state index in [1.807, 2.05) is 0 Å². The highest BCUT2D eigenvalue weighted by molar-refractivity contribution is 6.30. The van der Waals surface area contributed by atoms with Crippen molar-refractivity contribution in [3.05, 3.63) is 63.5 Å². The molecule has 0 saturated carbocycles. The van der Waals surface area contributed by atoms with Crippen molar-refractivity contribution in [3.63, 3.8) is 0 Å². The summed E-state index contributed by atoms with van der Waals surface area (Å²) in [6.45, 7) is 0. The van der Waals surface area contributed by atoms with Crippen LogP contribution in [0.2, 0.25) is 5.02 Å². The van der Waals surface area contributed by atoms with Crippen molar-refractivity contribution in [1.29, 1.82) is 0 Å². The second-order valence-electron chi connectivity index (χ2n) is 4.77. The number of fused-ring (bicyclic) bond motifs is 1. The van der Waals surface area contributed by atoms with Gasteiger partial charge in [-0.25, -0.2) is 4.98 Å². The molecule has 0 spiro atoms. The van der Waals surface area contributed by atoms with Crippen LogP contribution in [0.25, 0.3) is 16.7 Å². The summed E-state index contributed by atoms with van der Waals surface area (Å²) >= 11 is 5.86. The zero-order chi connectivity index (χ0) is 16.8. The highest BCUT2D eigenvalue weighted by atomic mass is 35.5. The molecular formula is C15H8ClF3N2O2. The van der Waals surface area contributed by atoms with E-state index in [2.05, 4.69) is 4.98 Å². The van der Waals surface area contributed by atoms with Crippen LogP contribution < -0.4 is 5.56 Å². The van der Waals surface area contributed by atoms with Crippen LogP contribution in [0.15, 0.2) is 47.4 Å². The number of phenolic OH excluding ortho intramolecular Hbond substituents is 1. The highest BCUT2D eigenvalue weighted by Crippen LogP contribution is 2.32. The Labute approximate surface area is 132 Å². The Balaban J connectivity index is 2.35. The van der Waals surface area contributed by atoms with E-state index in [4.69, 9.17) is 11.6 Å². The summed E-state index contributed by atoms with van der Waals surface area (Å²) < 4.78 is 39.4. The fraction of sp³-hybridized carbons (Fsp3) is 0.0667. The summed E-state index contributed by atoms with van der Waals surface area (Å²) in [5.74, 6) is -0.233. The molecule has 0 fully saturated rings. The average molecular weight is 341 g/mol. The first-order valence-corrected chi connectivity index (χ1v) is 6.73. The van der Waals surface area contributed by atoms with Gasteiger partial charge in [-0.15, -0.1) is 0 Å². The first kappa shape index (κ1) is 15.4. The van der Waals surface area contributed by atoms with E-state index < -0.39 is 17.3 Å². The maximum Gasteiger partial charge on any atom is 0.416 e. The Kier molecular flexibility index (Phi) is 3.52. The zero-order valence-corrected chi connectivity index (χ0v) is 12.1. The Morgan fingerprint density at radius 2 is 1.87 bits per heavy atom. The molecule has 0 radical (unpaired) electrons. The van der Waals surface area contributed by atoms with Crippen molar-refractivity contribution in [2.75, 3.05) is 0 Å². The standard InChI is InChI=1S/C15H8ClF3N2O2/c16-9-2-4-13(22)12(6-9)21-11-3-1-8(15(17,18)19)5-10(11)20-7-14(21)23/h1-7,22H. The molecule has 0 atom stereocenters. The fourth-order valence-electron chi connectivity index (χ4n) is 2.22. The summed E-state index contributed by atoms with van der Waals surface area (Å²) in [6, 6.07) is 6.88. The molecule has 3 aromatic rings. The number of alkyl halides is 3. The van der Waals surface area contributed by atoms with E-state index in [1.54, 1.807) is 0 Å². The van der Waals surface area contributed by atoms with Crippen molar-refractivity contribution in [2.24, 2.45) is 0 Å². The third kappa shape index (κ3) is 2.75. The van der Waals surface area contributed by atoms with Crippen molar-refractivity contribution >= 4 is 22.6 Å². The lowest BCUT2D eigenvalue weighted by atomic mass is 10.1. The van der Waals surface area contributed by atoms with Crippen LogP contribution in [0.1, 0.15) is 5.56 Å². The van der Waals surface area contributed by atoms with Gasteiger partial charge in [0.25, 0.3) is 5.56 Å². The Hall–Kier alpha value is -2.54. The van der Waals surface area contributed by atoms with Crippen molar-refractivity contribution < 1.29 is 18.3 Å². The Morgan fingerprint density at radius 1 is 1.13 bits per heavy atom. The number of halogens is 4.